The molecule has 1 heterocycles. The van der Waals surface area contributed by atoms with Crippen LogP contribution >= 0.6 is 12.2 Å². The molecule has 2 rings (SSSR count). The summed E-state index contributed by atoms with van der Waals surface area (Å²) >= 11 is 5.54. The first-order valence-electron chi connectivity index (χ1n) is 14.9. The van der Waals surface area contributed by atoms with E-state index >= 15 is 0 Å². The highest BCUT2D eigenvalue weighted by Gasteiger charge is 2.58. The number of carbonyl (C=O) groups excluding carboxylic acids is 4. The van der Waals surface area contributed by atoms with Crippen LogP contribution in [0.15, 0.2) is 30.3 Å². The van der Waals surface area contributed by atoms with Crippen molar-refractivity contribution < 1.29 is 48.5 Å². The number of rotatable bonds is 16. The molecule has 0 radical (unpaired) electrons. The SMILES string of the molecule is CCC1(CC)C(=O)N(C(CCC(=O)O)C(=O)O)C(=S)N([C@@H](CCCCNC(=O)OCc2ccccc2)C(=O)OC(C)(C)C)C1=O. The maximum Gasteiger partial charge on any atom is 0.407 e. The number of carbonyl (C=O) groups is 6. The molecule has 1 saturated heterocycles. The van der Waals surface area contributed by atoms with Crippen molar-refractivity contribution >= 4 is 53.1 Å². The second-order valence-corrected chi connectivity index (χ2v) is 12.1. The number of hydrogen-bond acceptors (Lipinski definition) is 9. The highest BCUT2D eigenvalue weighted by atomic mass is 32.1. The Labute approximate surface area is 268 Å². The van der Waals surface area contributed by atoms with Crippen molar-refractivity contribution in [2.45, 2.75) is 104 Å². The van der Waals surface area contributed by atoms with E-state index in [0.29, 0.717) is 12.8 Å². The molecule has 3 N–H and O–H groups in total. The van der Waals surface area contributed by atoms with Gasteiger partial charge in [-0.2, -0.15) is 0 Å². The molecule has 3 amide bonds. The zero-order valence-electron chi connectivity index (χ0n) is 26.4. The second kappa shape index (κ2) is 16.3. The van der Waals surface area contributed by atoms with Gasteiger partial charge >= 0.3 is 24.0 Å². The molecule has 1 aromatic rings. The van der Waals surface area contributed by atoms with Gasteiger partial charge in [-0.1, -0.05) is 44.2 Å². The summed E-state index contributed by atoms with van der Waals surface area (Å²) in [4.78, 5) is 78.9. The van der Waals surface area contributed by atoms with Crippen LogP contribution in [-0.4, -0.2) is 85.2 Å². The number of benzene rings is 1. The summed E-state index contributed by atoms with van der Waals surface area (Å²) in [5.41, 5.74) is -1.86. The molecule has 1 aliphatic heterocycles. The molecule has 0 aromatic heterocycles. The van der Waals surface area contributed by atoms with Crippen LogP contribution in [0.4, 0.5) is 4.79 Å². The highest BCUT2D eigenvalue weighted by Crippen LogP contribution is 2.39. The van der Waals surface area contributed by atoms with Crippen molar-refractivity contribution in [1.29, 1.82) is 0 Å². The van der Waals surface area contributed by atoms with Crippen LogP contribution in [0, 0.1) is 5.41 Å². The van der Waals surface area contributed by atoms with E-state index in [4.69, 9.17) is 21.7 Å². The van der Waals surface area contributed by atoms with E-state index < -0.39 is 76.9 Å². The Balaban J connectivity index is 2.32. The summed E-state index contributed by atoms with van der Waals surface area (Å²) in [5, 5.41) is 21.3. The maximum atomic E-state index is 14.1. The van der Waals surface area contributed by atoms with Gasteiger partial charge in [0.25, 0.3) is 0 Å². The van der Waals surface area contributed by atoms with E-state index in [9.17, 15) is 39.0 Å². The number of hydrogen-bond donors (Lipinski definition) is 3. The smallest absolute Gasteiger partial charge is 0.407 e. The first kappa shape index (κ1) is 37.1. The van der Waals surface area contributed by atoms with E-state index in [-0.39, 0.29) is 32.4 Å². The van der Waals surface area contributed by atoms with Crippen LogP contribution < -0.4 is 5.32 Å². The minimum Gasteiger partial charge on any atom is -0.481 e. The van der Waals surface area contributed by atoms with Gasteiger partial charge in [0, 0.05) is 13.0 Å². The largest absolute Gasteiger partial charge is 0.481 e. The summed E-state index contributed by atoms with van der Waals surface area (Å²) in [6.07, 6.45) is -1.00. The maximum absolute atomic E-state index is 14.1. The van der Waals surface area contributed by atoms with E-state index in [1.54, 1.807) is 34.6 Å². The Morgan fingerprint density at radius 3 is 2.02 bits per heavy atom. The number of ether oxygens (including phenoxy) is 2. The standard InChI is InChI=1S/C31H43N3O10S/c1-6-31(7-2)26(40)33(21(24(37)38)16-17-23(35)36)29(45)34(27(31)41)22(25(39)44-30(3,4)5)15-11-12-18-32-28(42)43-19-20-13-9-8-10-14-20/h8-10,13-14,21-22H,6-7,11-12,15-19H2,1-5H3,(H,32,42)(H,35,36)(H,37,38)/t21?,22-/m0/s1. The second-order valence-electron chi connectivity index (χ2n) is 11.7. The van der Waals surface area contributed by atoms with Gasteiger partial charge in [0.05, 0.1) is 0 Å². The number of aliphatic carboxylic acids is 2. The van der Waals surface area contributed by atoms with E-state index in [1.165, 1.54) is 0 Å². The molecule has 0 saturated carbocycles. The van der Waals surface area contributed by atoms with Gasteiger partial charge in [0.1, 0.15) is 29.7 Å². The molecular formula is C31H43N3O10S. The van der Waals surface area contributed by atoms with Gasteiger partial charge in [-0.05, 0) is 77.1 Å². The van der Waals surface area contributed by atoms with Crippen molar-refractivity contribution in [3.05, 3.63) is 35.9 Å². The molecule has 0 spiro atoms. The van der Waals surface area contributed by atoms with Crippen LogP contribution in [-0.2, 0) is 40.1 Å². The molecule has 13 nitrogen and oxygen atoms in total. The fourth-order valence-corrected chi connectivity index (χ4v) is 5.44. The third-order valence-corrected chi connectivity index (χ3v) is 7.87. The van der Waals surface area contributed by atoms with Gasteiger partial charge in [0.2, 0.25) is 11.8 Å². The van der Waals surface area contributed by atoms with Crippen molar-refractivity contribution in [1.82, 2.24) is 15.1 Å². The first-order valence-corrected chi connectivity index (χ1v) is 15.3. The highest BCUT2D eigenvalue weighted by molar-refractivity contribution is 7.80. The average Bonchev–Trinajstić information content (AvgIpc) is 2.96. The van der Waals surface area contributed by atoms with Crippen molar-refractivity contribution in [3.8, 4) is 0 Å². The molecular weight excluding hydrogens is 606 g/mol. The normalized spacial score (nSPS) is 16.2. The van der Waals surface area contributed by atoms with Crippen molar-refractivity contribution in [2.24, 2.45) is 5.41 Å². The van der Waals surface area contributed by atoms with E-state index in [2.05, 4.69) is 5.32 Å². The summed E-state index contributed by atoms with van der Waals surface area (Å²) < 4.78 is 10.8. The lowest BCUT2D eigenvalue weighted by Crippen LogP contribution is -2.70. The van der Waals surface area contributed by atoms with E-state index in [1.807, 2.05) is 30.3 Å². The molecule has 0 aliphatic carbocycles. The fourth-order valence-electron chi connectivity index (χ4n) is 5.02. The number of amides is 3. The number of alkyl carbamates (subject to hydrolysis) is 1. The average molecular weight is 650 g/mol. The summed E-state index contributed by atoms with van der Waals surface area (Å²) in [6, 6.07) is 6.14. The zero-order chi connectivity index (χ0) is 33.9. The van der Waals surface area contributed by atoms with E-state index in [0.717, 1.165) is 15.4 Å². The third kappa shape index (κ3) is 9.71. The first-order chi connectivity index (χ1) is 21.1. The monoisotopic (exact) mass is 649 g/mol. The Hall–Kier alpha value is -4.07. The number of nitrogens with zero attached hydrogens (tertiary/aromatic N) is 2. The molecule has 1 unspecified atom stereocenters. The number of thiocarbonyl (C=S) groups is 1. The summed E-state index contributed by atoms with van der Waals surface area (Å²) in [6.45, 7) is 8.43. The lowest BCUT2D eigenvalue weighted by atomic mass is 9.77. The topological polar surface area (TPSA) is 180 Å². The van der Waals surface area contributed by atoms with Gasteiger partial charge in [-0.25, -0.2) is 14.4 Å². The van der Waals surface area contributed by atoms with Gasteiger partial charge in [-0.15, -0.1) is 0 Å². The van der Waals surface area contributed by atoms with Gasteiger partial charge < -0.3 is 25.0 Å². The van der Waals surface area contributed by atoms with Gasteiger partial charge in [0.15, 0.2) is 5.11 Å². The quantitative estimate of drug-likeness (QED) is 0.102. The van der Waals surface area contributed by atoms with Gasteiger partial charge in [-0.3, -0.25) is 24.2 Å². The number of esters is 1. The Morgan fingerprint density at radius 2 is 1.51 bits per heavy atom. The van der Waals surface area contributed by atoms with Crippen molar-refractivity contribution in [2.75, 3.05) is 6.54 Å². The Morgan fingerprint density at radius 1 is 0.933 bits per heavy atom. The number of nitrogens with one attached hydrogen (secondary N) is 1. The predicted octanol–water partition coefficient (Wildman–Crippen LogP) is 3.87. The molecule has 1 aliphatic rings. The predicted molar refractivity (Wildman–Crippen MR) is 166 cm³/mol. The third-order valence-electron chi connectivity index (χ3n) is 7.48. The fraction of sp³-hybridized carbons (Fsp3) is 0.581. The molecule has 45 heavy (non-hydrogen) atoms. The Kier molecular flexibility index (Phi) is 13.4. The number of unbranched alkanes of at least 4 members (excludes halogenated alkanes) is 1. The van der Waals surface area contributed by atoms with Crippen LogP contribution in [0.5, 0.6) is 0 Å². The number of carboxylic acid groups (broad SMARTS) is 2. The molecule has 0 bridgehead atoms. The molecule has 14 heteroatoms. The molecule has 2 atom stereocenters. The van der Waals surface area contributed by atoms with Crippen LogP contribution in [0.1, 0.15) is 85.1 Å². The summed E-state index contributed by atoms with van der Waals surface area (Å²) in [7, 11) is 0. The number of carboxylic acids is 2. The Bertz CT molecular complexity index is 1260. The lowest BCUT2D eigenvalue weighted by molar-refractivity contribution is -0.172. The van der Waals surface area contributed by atoms with Crippen LogP contribution in [0.3, 0.4) is 0 Å². The molecule has 1 fully saturated rings. The molecule has 248 valence electrons. The van der Waals surface area contributed by atoms with Crippen LogP contribution in [0.25, 0.3) is 0 Å². The lowest BCUT2D eigenvalue weighted by Gasteiger charge is -2.49. The molecule has 1 aromatic carbocycles. The minimum atomic E-state index is -1.73. The summed E-state index contributed by atoms with van der Waals surface area (Å²) in [5.74, 6) is -5.18. The van der Waals surface area contributed by atoms with Crippen molar-refractivity contribution in [3.63, 3.8) is 0 Å². The zero-order valence-corrected chi connectivity index (χ0v) is 27.2. The van der Waals surface area contributed by atoms with Crippen LogP contribution in [0.2, 0.25) is 0 Å². The minimum absolute atomic E-state index is 0.0138.